The topological polar surface area (TPSA) is 71.1 Å². The van der Waals surface area contributed by atoms with E-state index < -0.39 is 24.5 Å². The van der Waals surface area contributed by atoms with E-state index in [9.17, 15) is 9.59 Å². The molecule has 0 aromatic rings. The van der Waals surface area contributed by atoms with E-state index in [0.717, 1.165) is 64.2 Å². The van der Waals surface area contributed by atoms with Crippen LogP contribution in [-0.2, 0) is 18.9 Å². The molecule has 176 valence electrons. The maximum absolute atomic E-state index is 12.2. The van der Waals surface area contributed by atoms with Crippen molar-refractivity contribution >= 4 is 12.3 Å². The second-order valence-electron chi connectivity index (χ2n) is 8.55. The van der Waals surface area contributed by atoms with Crippen LogP contribution in [0.5, 0.6) is 0 Å². The van der Waals surface area contributed by atoms with E-state index in [0.29, 0.717) is 37.9 Å². The Balaban J connectivity index is 2.42. The predicted octanol–water partition coefficient (Wildman–Crippen LogP) is 7.04. The van der Waals surface area contributed by atoms with Crippen molar-refractivity contribution in [2.75, 3.05) is 13.2 Å². The van der Waals surface area contributed by atoms with E-state index in [2.05, 4.69) is 27.7 Å². The van der Waals surface area contributed by atoms with Crippen molar-refractivity contribution in [3.63, 3.8) is 0 Å². The van der Waals surface area contributed by atoms with Gasteiger partial charge >= 0.3 is 12.3 Å². The van der Waals surface area contributed by atoms with Gasteiger partial charge in [-0.25, -0.2) is 9.59 Å². The Hall–Kier alpha value is -1.46. The Kier molecular flexibility index (Phi) is 14.4. The molecule has 1 rings (SSSR count). The normalized spacial score (nSPS) is 20.8. The van der Waals surface area contributed by atoms with Gasteiger partial charge in [-0.1, -0.05) is 66.2 Å². The zero-order chi connectivity index (χ0) is 22.2. The van der Waals surface area contributed by atoms with Crippen LogP contribution in [0.4, 0.5) is 9.59 Å². The van der Waals surface area contributed by atoms with Crippen LogP contribution in [0.3, 0.4) is 0 Å². The minimum Gasteiger partial charge on any atom is -0.434 e. The summed E-state index contributed by atoms with van der Waals surface area (Å²) in [6.07, 6.45) is 9.58. The maximum atomic E-state index is 12.2. The summed E-state index contributed by atoms with van der Waals surface area (Å²) in [6.45, 7) is 9.29. The van der Waals surface area contributed by atoms with Crippen LogP contribution < -0.4 is 0 Å². The number of ether oxygens (including phenoxy) is 4. The predicted molar refractivity (Wildman–Crippen MR) is 118 cm³/mol. The number of carbonyl (C=O) groups excluding carboxylic acids is 2. The average molecular weight is 429 g/mol. The van der Waals surface area contributed by atoms with Gasteiger partial charge in [-0.2, -0.15) is 0 Å². The summed E-state index contributed by atoms with van der Waals surface area (Å²) >= 11 is 0. The molecule has 6 nitrogen and oxygen atoms in total. The van der Waals surface area contributed by atoms with Crippen molar-refractivity contribution < 1.29 is 28.5 Å². The Morgan fingerprint density at radius 1 is 0.733 bits per heavy atom. The highest BCUT2D eigenvalue weighted by molar-refractivity contribution is 5.61. The third-order valence-electron chi connectivity index (χ3n) is 6.10. The number of hydrogen-bond acceptors (Lipinski definition) is 6. The molecule has 0 aromatic heterocycles. The van der Waals surface area contributed by atoms with Crippen molar-refractivity contribution in [1.29, 1.82) is 0 Å². The molecule has 6 heteroatoms. The summed E-state index contributed by atoms with van der Waals surface area (Å²) < 4.78 is 21.7. The molecule has 4 atom stereocenters. The van der Waals surface area contributed by atoms with Crippen LogP contribution in [0, 0.1) is 11.8 Å². The monoisotopic (exact) mass is 428 g/mol. The fourth-order valence-electron chi connectivity index (χ4n) is 3.82. The van der Waals surface area contributed by atoms with Crippen molar-refractivity contribution in [3.05, 3.63) is 0 Å². The van der Waals surface area contributed by atoms with Crippen LogP contribution in [-0.4, -0.2) is 37.7 Å². The number of unbranched alkanes of at least 4 members (excludes halogenated alkanes) is 2. The highest BCUT2D eigenvalue weighted by atomic mass is 16.8. The molecule has 1 saturated carbocycles. The lowest BCUT2D eigenvalue weighted by molar-refractivity contribution is -0.0745. The molecular weight excluding hydrogens is 384 g/mol. The lowest BCUT2D eigenvalue weighted by atomic mass is 9.94. The van der Waals surface area contributed by atoms with Gasteiger partial charge in [0.05, 0.1) is 13.2 Å². The molecule has 0 bridgehead atoms. The molecule has 1 aliphatic rings. The van der Waals surface area contributed by atoms with Crippen molar-refractivity contribution in [3.8, 4) is 0 Å². The quantitative estimate of drug-likeness (QED) is 0.276. The molecular formula is C24H44O6. The second-order valence-corrected chi connectivity index (χ2v) is 8.55. The van der Waals surface area contributed by atoms with Crippen LogP contribution in [0.15, 0.2) is 0 Å². The van der Waals surface area contributed by atoms with E-state index in [4.69, 9.17) is 18.9 Å². The van der Waals surface area contributed by atoms with Crippen LogP contribution >= 0.6 is 0 Å². The largest absolute Gasteiger partial charge is 0.508 e. The summed E-state index contributed by atoms with van der Waals surface area (Å²) in [4.78, 5) is 24.3. The molecule has 0 spiro atoms. The zero-order valence-electron chi connectivity index (χ0n) is 19.7. The number of hydrogen-bond donors (Lipinski definition) is 0. The first-order valence-corrected chi connectivity index (χ1v) is 12.2. The average Bonchev–Trinajstić information content (AvgIpc) is 2.75. The van der Waals surface area contributed by atoms with Crippen molar-refractivity contribution in [2.24, 2.45) is 11.8 Å². The van der Waals surface area contributed by atoms with E-state index in [1.54, 1.807) is 0 Å². The third kappa shape index (κ3) is 11.1. The molecule has 4 unspecified atom stereocenters. The van der Waals surface area contributed by atoms with Gasteiger partial charge in [0.15, 0.2) is 0 Å². The standard InChI is InChI=1S/C24H44O6/c1-5-9-13-19(7-3)17-27-23(25)29-21-15-11-12-16-22(21)30-24(26)28-18-20(8-4)14-10-6-2/h19-22H,5-18H2,1-4H3. The highest BCUT2D eigenvalue weighted by Crippen LogP contribution is 2.25. The van der Waals surface area contributed by atoms with Gasteiger partial charge in [0, 0.05) is 0 Å². The first-order valence-electron chi connectivity index (χ1n) is 12.2. The Morgan fingerprint density at radius 2 is 1.13 bits per heavy atom. The maximum Gasteiger partial charge on any atom is 0.508 e. The Bertz CT molecular complexity index is 425. The zero-order valence-corrected chi connectivity index (χ0v) is 19.7. The summed E-state index contributed by atoms with van der Waals surface area (Å²) in [6, 6.07) is 0. The lowest BCUT2D eigenvalue weighted by Crippen LogP contribution is -2.38. The lowest BCUT2D eigenvalue weighted by Gasteiger charge is -2.30. The Morgan fingerprint density at radius 3 is 1.47 bits per heavy atom. The fraction of sp³-hybridized carbons (Fsp3) is 0.917. The molecule has 1 aliphatic carbocycles. The molecule has 0 saturated heterocycles. The summed E-state index contributed by atoms with van der Waals surface area (Å²) in [5.74, 6) is 0.732. The fourth-order valence-corrected chi connectivity index (χ4v) is 3.82. The van der Waals surface area contributed by atoms with Gasteiger partial charge in [0.1, 0.15) is 12.2 Å². The van der Waals surface area contributed by atoms with Gasteiger partial charge in [-0.05, 0) is 50.4 Å². The van der Waals surface area contributed by atoms with Gasteiger partial charge in [0.2, 0.25) is 0 Å². The van der Waals surface area contributed by atoms with Gasteiger partial charge in [0.25, 0.3) is 0 Å². The number of rotatable bonds is 14. The van der Waals surface area contributed by atoms with E-state index in [1.807, 2.05) is 0 Å². The van der Waals surface area contributed by atoms with E-state index in [-0.39, 0.29) is 0 Å². The van der Waals surface area contributed by atoms with Crippen molar-refractivity contribution in [1.82, 2.24) is 0 Å². The summed E-state index contributed by atoms with van der Waals surface area (Å²) in [5, 5.41) is 0. The van der Waals surface area contributed by atoms with E-state index in [1.165, 1.54) is 0 Å². The summed E-state index contributed by atoms with van der Waals surface area (Å²) in [7, 11) is 0. The smallest absolute Gasteiger partial charge is 0.434 e. The van der Waals surface area contributed by atoms with Gasteiger partial charge in [-0.15, -0.1) is 0 Å². The summed E-state index contributed by atoms with van der Waals surface area (Å²) in [5.41, 5.74) is 0. The Labute approximate surface area is 183 Å². The molecule has 1 fully saturated rings. The molecule has 0 aromatic carbocycles. The van der Waals surface area contributed by atoms with Gasteiger partial charge in [-0.3, -0.25) is 0 Å². The van der Waals surface area contributed by atoms with Gasteiger partial charge < -0.3 is 18.9 Å². The minimum absolute atomic E-state index is 0.366. The molecule has 0 aliphatic heterocycles. The molecule has 0 N–H and O–H groups in total. The van der Waals surface area contributed by atoms with E-state index >= 15 is 0 Å². The van der Waals surface area contributed by atoms with Crippen molar-refractivity contribution in [2.45, 2.75) is 117 Å². The molecule has 0 amide bonds. The third-order valence-corrected chi connectivity index (χ3v) is 6.10. The second kappa shape index (κ2) is 16.3. The molecule has 30 heavy (non-hydrogen) atoms. The van der Waals surface area contributed by atoms with Crippen LogP contribution in [0.1, 0.15) is 105 Å². The van der Waals surface area contributed by atoms with Crippen LogP contribution in [0.25, 0.3) is 0 Å². The molecule has 0 heterocycles. The highest BCUT2D eigenvalue weighted by Gasteiger charge is 2.32. The molecule has 0 radical (unpaired) electrons. The first-order chi connectivity index (χ1) is 14.5. The minimum atomic E-state index is -0.663. The first kappa shape index (κ1) is 26.6. The number of carbonyl (C=O) groups is 2. The SMILES string of the molecule is CCCCC(CC)COC(=O)OC1CCCCC1OC(=O)OCC(CC)CCCC. The van der Waals surface area contributed by atoms with Crippen LogP contribution in [0.2, 0.25) is 0 Å².